The van der Waals surface area contributed by atoms with E-state index in [0.717, 1.165) is 37.2 Å². The van der Waals surface area contributed by atoms with Gasteiger partial charge in [0.1, 0.15) is 16.3 Å². The van der Waals surface area contributed by atoms with Crippen LogP contribution in [0.3, 0.4) is 0 Å². The molecule has 1 aromatic carbocycles. The zero-order valence-electron chi connectivity index (χ0n) is 12.5. The third-order valence-corrected chi connectivity index (χ3v) is 4.89. The van der Waals surface area contributed by atoms with Gasteiger partial charge in [0.05, 0.1) is 0 Å². The number of halogens is 2. The molecule has 1 saturated heterocycles. The number of carbonyl (C=O) groups excluding carboxylic acids is 1. The van der Waals surface area contributed by atoms with Crippen LogP contribution >= 0.6 is 0 Å². The van der Waals surface area contributed by atoms with Crippen LogP contribution in [-0.2, 0) is 10.1 Å². The van der Waals surface area contributed by atoms with Gasteiger partial charge in [-0.3, -0.25) is 4.79 Å². The van der Waals surface area contributed by atoms with Crippen molar-refractivity contribution in [3.8, 4) is 5.75 Å². The summed E-state index contributed by atoms with van der Waals surface area (Å²) in [5, 5.41) is 0. The average molecular weight is 356 g/mol. The van der Waals surface area contributed by atoms with E-state index in [-0.39, 0.29) is 22.2 Å². The van der Waals surface area contributed by atoms with Crippen LogP contribution in [0.1, 0.15) is 23.3 Å². The predicted octanol–water partition coefficient (Wildman–Crippen LogP) is 2.30. The number of amides is 1. The zero-order chi connectivity index (χ0) is 17.3. The van der Waals surface area contributed by atoms with Crippen molar-refractivity contribution in [2.24, 2.45) is 0 Å². The molecule has 0 bridgehead atoms. The Bertz CT molecular complexity index is 873. The van der Waals surface area contributed by atoms with E-state index >= 15 is 0 Å². The van der Waals surface area contributed by atoms with Gasteiger partial charge >= 0.3 is 10.1 Å². The van der Waals surface area contributed by atoms with E-state index in [2.05, 4.69) is 4.98 Å². The second kappa shape index (κ2) is 6.23. The smallest absolute Gasteiger partial charge is 0.340 e. The lowest BCUT2D eigenvalue weighted by atomic mass is 10.3. The van der Waals surface area contributed by atoms with Gasteiger partial charge in [0.25, 0.3) is 5.91 Å². The summed E-state index contributed by atoms with van der Waals surface area (Å²) in [6.45, 7) is 1.26. The van der Waals surface area contributed by atoms with Crippen LogP contribution in [0.5, 0.6) is 5.75 Å². The quantitative estimate of drug-likeness (QED) is 0.853. The molecule has 0 spiro atoms. The van der Waals surface area contributed by atoms with E-state index in [9.17, 15) is 22.0 Å². The van der Waals surface area contributed by atoms with E-state index < -0.39 is 21.8 Å². The minimum absolute atomic E-state index is 0.129. The molecule has 6 nitrogen and oxygen atoms in total. The van der Waals surface area contributed by atoms with Gasteiger partial charge in [0.15, 0.2) is 11.6 Å². The lowest BCUT2D eigenvalue weighted by Crippen LogP contribution is -2.27. The number of hydrogen-bond donors (Lipinski definition) is 1. The van der Waals surface area contributed by atoms with Crippen LogP contribution in [-0.4, -0.2) is 37.3 Å². The highest BCUT2D eigenvalue weighted by molar-refractivity contribution is 7.87. The van der Waals surface area contributed by atoms with Crippen molar-refractivity contribution in [2.45, 2.75) is 17.7 Å². The summed E-state index contributed by atoms with van der Waals surface area (Å²) in [4.78, 5) is 16.2. The Morgan fingerprint density at radius 2 is 1.83 bits per heavy atom. The second-order valence-electron chi connectivity index (χ2n) is 5.36. The molecule has 24 heavy (non-hydrogen) atoms. The maximum Gasteiger partial charge on any atom is 0.340 e. The molecule has 9 heteroatoms. The van der Waals surface area contributed by atoms with Crippen molar-refractivity contribution in [3.63, 3.8) is 0 Å². The Kier molecular flexibility index (Phi) is 4.27. The number of rotatable bonds is 4. The number of benzene rings is 1. The standard InChI is InChI=1S/C15H14F2N2O4S/c16-12-4-3-10(7-13(12)17)23-24(21,22)11-8-14(18-9-11)15(20)19-5-1-2-6-19/h3-4,7-9,18H,1-2,5-6H2. The summed E-state index contributed by atoms with van der Waals surface area (Å²) in [6, 6.07) is 3.56. The molecule has 2 aromatic rings. The summed E-state index contributed by atoms with van der Waals surface area (Å²) in [5.74, 6) is -2.98. The highest BCUT2D eigenvalue weighted by atomic mass is 32.2. The van der Waals surface area contributed by atoms with Gasteiger partial charge < -0.3 is 14.1 Å². The molecule has 1 amide bonds. The van der Waals surface area contributed by atoms with Gasteiger partial charge in [-0.1, -0.05) is 0 Å². The molecule has 0 radical (unpaired) electrons. The van der Waals surface area contributed by atoms with Gasteiger partial charge in [0, 0.05) is 25.4 Å². The third-order valence-electron chi connectivity index (χ3n) is 3.67. The molecule has 0 unspecified atom stereocenters. The fraction of sp³-hybridized carbons (Fsp3) is 0.267. The Labute approximate surface area is 137 Å². The van der Waals surface area contributed by atoms with Crippen molar-refractivity contribution in [3.05, 3.63) is 47.8 Å². The Morgan fingerprint density at radius 1 is 1.12 bits per heavy atom. The molecule has 3 rings (SSSR count). The molecule has 1 aliphatic heterocycles. The molecular formula is C15H14F2N2O4S. The number of carbonyl (C=O) groups is 1. The summed E-state index contributed by atoms with van der Waals surface area (Å²) in [7, 11) is -4.27. The molecule has 0 atom stereocenters. The number of nitrogens with one attached hydrogen (secondary N) is 1. The first-order valence-corrected chi connectivity index (χ1v) is 8.65. The first kappa shape index (κ1) is 16.4. The lowest BCUT2D eigenvalue weighted by Gasteiger charge is -2.13. The van der Waals surface area contributed by atoms with Crippen LogP contribution in [0.15, 0.2) is 35.4 Å². The van der Waals surface area contributed by atoms with Crippen LogP contribution in [0.2, 0.25) is 0 Å². The van der Waals surface area contributed by atoms with Gasteiger partial charge in [-0.25, -0.2) is 8.78 Å². The first-order chi connectivity index (χ1) is 11.4. The van der Waals surface area contributed by atoms with Crippen LogP contribution in [0, 0.1) is 11.6 Å². The minimum Gasteiger partial charge on any atom is -0.379 e. The monoisotopic (exact) mass is 356 g/mol. The maximum atomic E-state index is 13.1. The summed E-state index contributed by atoms with van der Waals surface area (Å²) in [6.07, 6.45) is 2.95. The second-order valence-corrected chi connectivity index (χ2v) is 6.91. The SMILES string of the molecule is O=C(c1cc(S(=O)(=O)Oc2ccc(F)c(F)c2)c[nH]1)N1CCCC1. The molecule has 2 heterocycles. The van der Waals surface area contributed by atoms with Gasteiger partial charge in [-0.05, 0) is 31.0 Å². The maximum absolute atomic E-state index is 13.1. The zero-order valence-corrected chi connectivity index (χ0v) is 13.3. The normalized spacial score (nSPS) is 14.8. The van der Waals surface area contributed by atoms with Gasteiger partial charge in [-0.2, -0.15) is 8.42 Å². The van der Waals surface area contributed by atoms with E-state index in [1.807, 2.05) is 0 Å². The molecule has 128 valence electrons. The van der Waals surface area contributed by atoms with E-state index in [4.69, 9.17) is 4.18 Å². The average Bonchev–Trinajstić information content (AvgIpc) is 3.21. The Balaban J connectivity index is 1.79. The van der Waals surface area contributed by atoms with E-state index in [1.165, 1.54) is 0 Å². The fourth-order valence-electron chi connectivity index (χ4n) is 2.44. The largest absolute Gasteiger partial charge is 0.379 e. The topological polar surface area (TPSA) is 79.5 Å². The highest BCUT2D eigenvalue weighted by Gasteiger charge is 2.25. The number of likely N-dealkylation sites (tertiary alicyclic amines) is 1. The third kappa shape index (κ3) is 3.25. The molecule has 1 fully saturated rings. The summed E-state index contributed by atoms with van der Waals surface area (Å²) >= 11 is 0. The number of aromatic amines is 1. The predicted molar refractivity (Wildman–Crippen MR) is 80.1 cm³/mol. The number of H-pyrrole nitrogens is 1. The molecule has 0 saturated carbocycles. The molecular weight excluding hydrogens is 342 g/mol. The molecule has 0 aliphatic carbocycles. The van der Waals surface area contributed by atoms with Crippen LogP contribution < -0.4 is 4.18 Å². The van der Waals surface area contributed by atoms with Crippen LogP contribution in [0.4, 0.5) is 8.78 Å². The first-order valence-electron chi connectivity index (χ1n) is 7.24. The van der Waals surface area contributed by atoms with Crippen LogP contribution in [0.25, 0.3) is 0 Å². The Hall–Kier alpha value is -2.42. The minimum atomic E-state index is -4.27. The van der Waals surface area contributed by atoms with E-state index in [1.54, 1.807) is 4.90 Å². The molecule has 1 N–H and O–H groups in total. The number of nitrogens with zero attached hydrogens (tertiary/aromatic N) is 1. The van der Waals surface area contributed by atoms with Crippen molar-refractivity contribution >= 4 is 16.0 Å². The molecule has 1 aliphatic rings. The van der Waals surface area contributed by atoms with Crippen molar-refractivity contribution < 1.29 is 26.2 Å². The van der Waals surface area contributed by atoms with Gasteiger partial charge in [-0.15, -0.1) is 0 Å². The molecule has 1 aromatic heterocycles. The van der Waals surface area contributed by atoms with Crippen molar-refractivity contribution in [1.82, 2.24) is 9.88 Å². The van der Waals surface area contributed by atoms with Crippen molar-refractivity contribution in [1.29, 1.82) is 0 Å². The summed E-state index contributed by atoms with van der Waals surface area (Å²) in [5.41, 5.74) is 0.129. The Morgan fingerprint density at radius 3 is 2.50 bits per heavy atom. The highest BCUT2D eigenvalue weighted by Crippen LogP contribution is 2.22. The van der Waals surface area contributed by atoms with Gasteiger partial charge in [0.2, 0.25) is 0 Å². The summed E-state index contributed by atoms with van der Waals surface area (Å²) < 4.78 is 55.1. The van der Waals surface area contributed by atoms with Crippen molar-refractivity contribution in [2.75, 3.05) is 13.1 Å². The number of hydrogen-bond acceptors (Lipinski definition) is 4. The van der Waals surface area contributed by atoms with E-state index in [0.29, 0.717) is 19.2 Å². The lowest BCUT2D eigenvalue weighted by molar-refractivity contribution is 0.0787. The fourth-order valence-corrected chi connectivity index (χ4v) is 3.36. The number of aromatic nitrogens is 1.